The summed E-state index contributed by atoms with van der Waals surface area (Å²) in [6.07, 6.45) is 0. The van der Waals surface area contributed by atoms with Crippen molar-refractivity contribution in [2.45, 2.75) is 11.8 Å². The van der Waals surface area contributed by atoms with Crippen LogP contribution in [-0.2, 0) is 14.8 Å². The molecule has 1 heterocycles. The highest BCUT2D eigenvalue weighted by atomic mass is 32.2. The van der Waals surface area contributed by atoms with Crippen molar-refractivity contribution in [1.29, 1.82) is 0 Å². The van der Waals surface area contributed by atoms with Crippen molar-refractivity contribution < 1.29 is 13.2 Å². The third kappa shape index (κ3) is 3.48. The van der Waals surface area contributed by atoms with Gasteiger partial charge in [-0.05, 0) is 25.1 Å². The summed E-state index contributed by atoms with van der Waals surface area (Å²) in [5.74, 6) is -0.419. The number of sulfonamides is 1. The molecule has 0 bridgehead atoms. The van der Waals surface area contributed by atoms with Crippen molar-refractivity contribution in [3.05, 3.63) is 38.9 Å². The molecule has 0 fully saturated rings. The summed E-state index contributed by atoms with van der Waals surface area (Å²) in [6, 6.07) is 3.90. The normalized spacial score (nSPS) is 11.8. The minimum Gasteiger partial charge on any atom is -0.355 e. The second-order valence-electron chi connectivity index (χ2n) is 4.83. The van der Waals surface area contributed by atoms with E-state index in [-0.39, 0.29) is 17.0 Å². The molecule has 0 aliphatic carbocycles. The van der Waals surface area contributed by atoms with Crippen LogP contribution >= 0.6 is 0 Å². The maximum Gasteiger partial charge on any atom is 0.314 e. The molecule has 10 heteroatoms. The summed E-state index contributed by atoms with van der Waals surface area (Å²) in [5.41, 5.74) is -1.20. The number of aromatic amines is 2. The molecule has 0 saturated carbocycles. The topological polar surface area (TPSA) is 132 Å². The molecule has 9 nitrogen and oxygen atoms in total. The molecule has 0 unspecified atom stereocenters. The molecule has 2 aromatic rings. The largest absolute Gasteiger partial charge is 0.355 e. The van der Waals surface area contributed by atoms with Crippen molar-refractivity contribution in [3.63, 3.8) is 0 Å². The summed E-state index contributed by atoms with van der Waals surface area (Å²) in [5, 5.41) is 2.51. The Labute approximate surface area is 131 Å². The third-order valence-electron chi connectivity index (χ3n) is 3.14. The maximum absolute atomic E-state index is 12.4. The van der Waals surface area contributed by atoms with E-state index in [1.54, 1.807) is 6.92 Å². The molecule has 23 heavy (non-hydrogen) atoms. The lowest BCUT2D eigenvalue weighted by Gasteiger charge is -2.16. The molecule has 0 radical (unpaired) electrons. The number of fused-ring (bicyclic) bond motifs is 1. The highest BCUT2D eigenvalue weighted by Gasteiger charge is 2.23. The summed E-state index contributed by atoms with van der Waals surface area (Å²) < 4.78 is 25.8. The Morgan fingerprint density at radius 1 is 1.17 bits per heavy atom. The molecule has 0 saturated heterocycles. The summed E-state index contributed by atoms with van der Waals surface area (Å²) in [4.78, 5) is 38.6. The zero-order chi connectivity index (χ0) is 17.2. The molecule has 0 aliphatic heterocycles. The van der Waals surface area contributed by atoms with Crippen molar-refractivity contribution in [2.75, 3.05) is 20.1 Å². The number of carbonyl (C=O) groups excluding carboxylic acids is 1. The SMILES string of the molecule is CCNC(=O)CN(C)S(=O)(=O)c1ccc2[nH]c(=O)c(=O)[nH]c2c1. The molecule has 1 aromatic heterocycles. The Hall–Kier alpha value is -2.46. The monoisotopic (exact) mass is 340 g/mol. The van der Waals surface area contributed by atoms with Crippen LogP contribution in [0.1, 0.15) is 6.92 Å². The fraction of sp³-hybridized carbons (Fsp3) is 0.308. The van der Waals surface area contributed by atoms with E-state index >= 15 is 0 Å². The van der Waals surface area contributed by atoms with Gasteiger partial charge >= 0.3 is 11.1 Å². The smallest absolute Gasteiger partial charge is 0.314 e. The number of nitrogens with zero attached hydrogens (tertiary/aromatic N) is 1. The first-order valence-corrected chi connectivity index (χ1v) is 8.19. The number of H-pyrrole nitrogens is 2. The number of carbonyl (C=O) groups is 1. The fourth-order valence-corrected chi connectivity index (χ4v) is 3.13. The summed E-state index contributed by atoms with van der Waals surface area (Å²) >= 11 is 0. The second-order valence-corrected chi connectivity index (χ2v) is 6.88. The van der Waals surface area contributed by atoms with Crippen LogP contribution in [0.25, 0.3) is 11.0 Å². The van der Waals surface area contributed by atoms with Crippen molar-refractivity contribution in [3.8, 4) is 0 Å². The first-order valence-electron chi connectivity index (χ1n) is 6.75. The van der Waals surface area contributed by atoms with E-state index in [2.05, 4.69) is 15.3 Å². The second kappa shape index (κ2) is 6.34. The predicted octanol–water partition coefficient (Wildman–Crippen LogP) is -1.03. The molecular weight excluding hydrogens is 324 g/mol. The Balaban J connectivity index is 2.41. The van der Waals surface area contributed by atoms with E-state index in [1.165, 1.54) is 25.2 Å². The van der Waals surface area contributed by atoms with Gasteiger partial charge in [0.25, 0.3) is 0 Å². The van der Waals surface area contributed by atoms with Gasteiger partial charge in [0.15, 0.2) is 0 Å². The summed E-state index contributed by atoms with van der Waals surface area (Å²) in [6.45, 7) is 1.81. The molecule has 1 amide bonds. The Morgan fingerprint density at radius 2 is 1.78 bits per heavy atom. The van der Waals surface area contributed by atoms with Crippen LogP contribution in [0.15, 0.2) is 32.7 Å². The van der Waals surface area contributed by atoms with E-state index < -0.39 is 27.0 Å². The number of hydrogen-bond donors (Lipinski definition) is 3. The molecule has 0 spiro atoms. The quantitative estimate of drug-likeness (QED) is 0.599. The van der Waals surface area contributed by atoms with Gasteiger partial charge in [-0.1, -0.05) is 0 Å². The number of nitrogens with one attached hydrogen (secondary N) is 3. The van der Waals surface area contributed by atoms with Gasteiger partial charge in [-0.25, -0.2) is 8.42 Å². The van der Waals surface area contributed by atoms with E-state index in [4.69, 9.17) is 0 Å². The number of hydrogen-bond acceptors (Lipinski definition) is 5. The highest BCUT2D eigenvalue weighted by Crippen LogP contribution is 2.17. The first kappa shape index (κ1) is 16.9. The Bertz CT molecular complexity index is 960. The van der Waals surface area contributed by atoms with Crippen molar-refractivity contribution in [2.24, 2.45) is 0 Å². The molecule has 0 atom stereocenters. The lowest BCUT2D eigenvalue weighted by atomic mass is 10.3. The lowest BCUT2D eigenvalue weighted by Crippen LogP contribution is -2.38. The van der Waals surface area contributed by atoms with Gasteiger partial charge in [-0.3, -0.25) is 14.4 Å². The van der Waals surface area contributed by atoms with E-state index in [0.717, 1.165) is 4.31 Å². The van der Waals surface area contributed by atoms with Gasteiger partial charge in [0.05, 0.1) is 22.5 Å². The highest BCUT2D eigenvalue weighted by molar-refractivity contribution is 7.89. The number of rotatable bonds is 5. The van der Waals surface area contributed by atoms with Gasteiger partial charge in [0, 0.05) is 13.6 Å². The minimum atomic E-state index is -3.91. The van der Waals surface area contributed by atoms with E-state index in [0.29, 0.717) is 12.1 Å². The van der Waals surface area contributed by atoms with E-state index in [1.807, 2.05) is 0 Å². The predicted molar refractivity (Wildman–Crippen MR) is 83.7 cm³/mol. The molecule has 2 rings (SSSR count). The first-order chi connectivity index (χ1) is 10.8. The lowest BCUT2D eigenvalue weighted by molar-refractivity contribution is -0.121. The van der Waals surface area contributed by atoms with Crippen LogP contribution in [0, 0.1) is 0 Å². The molecular formula is C13H16N4O5S. The van der Waals surface area contributed by atoms with Crippen LogP contribution in [0.2, 0.25) is 0 Å². The van der Waals surface area contributed by atoms with Gasteiger partial charge in [-0.2, -0.15) is 4.31 Å². The minimum absolute atomic E-state index is 0.0977. The van der Waals surface area contributed by atoms with Gasteiger partial charge in [0.1, 0.15) is 0 Å². The molecule has 3 N–H and O–H groups in total. The number of benzene rings is 1. The van der Waals surface area contributed by atoms with Crippen molar-refractivity contribution in [1.82, 2.24) is 19.6 Å². The zero-order valence-corrected chi connectivity index (χ0v) is 13.4. The molecule has 1 aromatic carbocycles. The average molecular weight is 340 g/mol. The van der Waals surface area contributed by atoms with Gasteiger partial charge < -0.3 is 15.3 Å². The number of amides is 1. The van der Waals surface area contributed by atoms with Crippen LogP contribution in [-0.4, -0.2) is 48.7 Å². The Kier molecular flexibility index (Phi) is 4.66. The molecule has 0 aliphatic rings. The number of aromatic nitrogens is 2. The fourth-order valence-electron chi connectivity index (χ4n) is 1.97. The van der Waals surface area contributed by atoms with Gasteiger partial charge in [-0.15, -0.1) is 0 Å². The van der Waals surface area contributed by atoms with E-state index in [9.17, 15) is 22.8 Å². The number of likely N-dealkylation sites (N-methyl/N-ethyl adjacent to an activating group) is 2. The molecule has 124 valence electrons. The van der Waals surface area contributed by atoms with Crippen LogP contribution in [0.3, 0.4) is 0 Å². The average Bonchev–Trinajstić information content (AvgIpc) is 2.48. The van der Waals surface area contributed by atoms with Crippen LogP contribution in [0.5, 0.6) is 0 Å². The van der Waals surface area contributed by atoms with Crippen LogP contribution < -0.4 is 16.4 Å². The Morgan fingerprint density at radius 3 is 2.39 bits per heavy atom. The van der Waals surface area contributed by atoms with Crippen molar-refractivity contribution >= 4 is 27.0 Å². The zero-order valence-electron chi connectivity index (χ0n) is 12.5. The standard InChI is InChI=1S/C13H16N4O5S/c1-3-14-11(18)7-17(2)23(21,22)8-4-5-9-10(6-8)16-13(20)12(19)15-9/h4-6H,3,7H2,1-2H3,(H,14,18)(H,15,19)(H,16,20). The van der Waals surface area contributed by atoms with Gasteiger partial charge in [0.2, 0.25) is 15.9 Å². The third-order valence-corrected chi connectivity index (χ3v) is 4.94. The van der Waals surface area contributed by atoms with Crippen LogP contribution in [0.4, 0.5) is 0 Å². The maximum atomic E-state index is 12.4. The summed E-state index contributed by atoms with van der Waals surface area (Å²) in [7, 11) is -2.63.